The average molecular weight is 600 g/mol. The molecule has 0 spiro atoms. The van der Waals surface area contributed by atoms with E-state index < -0.39 is 22.0 Å². The summed E-state index contributed by atoms with van der Waals surface area (Å²) in [5.74, 6) is -0.432. The lowest BCUT2D eigenvalue weighted by Crippen LogP contribution is -2.32. The third kappa shape index (κ3) is 6.23. The molecule has 2 heterocycles. The molecule has 1 aliphatic carbocycles. The van der Waals surface area contributed by atoms with Crippen LogP contribution in [-0.2, 0) is 27.7 Å². The summed E-state index contributed by atoms with van der Waals surface area (Å²) in [5, 5.41) is 15.1. The molecule has 1 aliphatic rings. The number of thiophene rings is 1. The molecule has 1 atom stereocenters. The van der Waals surface area contributed by atoms with E-state index >= 15 is 0 Å². The van der Waals surface area contributed by atoms with Gasteiger partial charge in [-0.25, -0.2) is 18.6 Å². The number of aromatic nitrogens is 1. The fraction of sp³-hybridized carbons (Fsp3) is 0.281. The number of hydrazone groups is 1. The van der Waals surface area contributed by atoms with Crippen molar-refractivity contribution in [2.75, 3.05) is 0 Å². The van der Waals surface area contributed by atoms with Gasteiger partial charge in [0.1, 0.15) is 11.1 Å². The standard InChI is InChI=1S/C32H33N5O3S2/c1-21-13-15-26(16-14-21)42(39,40)36-29(24-9-5-4-6-10-24)18-31(38)35-34-20-25-17-22(2)37(23(25)3)32-28(19-33)27-11-7-8-12-30(27)41-32/h4-6,9-10,13-17,20,29,36H,7-8,11-12,18H2,1-3H3,(H,35,38)/b34-20-/t29-/m1/s1. The van der Waals surface area contributed by atoms with E-state index in [4.69, 9.17) is 0 Å². The Labute approximate surface area is 250 Å². The van der Waals surface area contributed by atoms with Gasteiger partial charge >= 0.3 is 0 Å². The monoisotopic (exact) mass is 599 g/mol. The highest BCUT2D eigenvalue weighted by atomic mass is 32.2. The van der Waals surface area contributed by atoms with Gasteiger partial charge in [0.25, 0.3) is 0 Å². The second kappa shape index (κ2) is 12.4. The number of benzene rings is 2. The zero-order valence-electron chi connectivity index (χ0n) is 23.8. The van der Waals surface area contributed by atoms with Crippen molar-refractivity contribution in [2.45, 2.75) is 63.8 Å². The van der Waals surface area contributed by atoms with E-state index in [1.807, 2.05) is 32.9 Å². The minimum atomic E-state index is -3.87. The molecule has 42 heavy (non-hydrogen) atoms. The Morgan fingerprint density at radius 1 is 1.10 bits per heavy atom. The Morgan fingerprint density at radius 3 is 2.52 bits per heavy atom. The summed E-state index contributed by atoms with van der Waals surface area (Å²) in [4.78, 5) is 14.4. The average Bonchev–Trinajstić information content (AvgIpc) is 3.48. The van der Waals surface area contributed by atoms with Crippen molar-refractivity contribution in [3.05, 3.63) is 105 Å². The highest BCUT2D eigenvalue weighted by molar-refractivity contribution is 7.89. The molecule has 0 unspecified atom stereocenters. The minimum absolute atomic E-state index is 0.133. The lowest BCUT2D eigenvalue weighted by molar-refractivity contribution is -0.121. The maximum atomic E-state index is 13.1. The number of nitrogens with zero attached hydrogens (tertiary/aromatic N) is 3. The molecule has 4 aromatic rings. The second-order valence-corrected chi connectivity index (χ2v) is 13.4. The van der Waals surface area contributed by atoms with Crippen molar-refractivity contribution in [3.63, 3.8) is 0 Å². The quantitative estimate of drug-likeness (QED) is 0.188. The molecule has 0 bridgehead atoms. The molecule has 0 radical (unpaired) electrons. The van der Waals surface area contributed by atoms with Crippen LogP contribution in [0.3, 0.4) is 0 Å². The third-order valence-corrected chi connectivity index (χ3v) is 10.3. The number of nitrogens with one attached hydrogen (secondary N) is 2. The number of amides is 1. The van der Waals surface area contributed by atoms with Crippen molar-refractivity contribution in [3.8, 4) is 11.1 Å². The van der Waals surface area contributed by atoms with Gasteiger partial charge in [-0.3, -0.25) is 4.79 Å². The third-order valence-electron chi connectivity index (χ3n) is 7.55. The van der Waals surface area contributed by atoms with Gasteiger partial charge in [-0.15, -0.1) is 11.3 Å². The number of sulfonamides is 1. The Kier molecular flexibility index (Phi) is 8.73. The number of carbonyl (C=O) groups is 1. The van der Waals surface area contributed by atoms with Crippen molar-refractivity contribution in [1.82, 2.24) is 14.7 Å². The predicted octanol–water partition coefficient (Wildman–Crippen LogP) is 5.77. The van der Waals surface area contributed by atoms with Crippen LogP contribution in [-0.4, -0.2) is 25.1 Å². The second-order valence-electron chi connectivity index (χ2n) is 10.6. The molecule has 0 aliphatic heterocycles. The zero-order valence-corrected chi connectivity index (χ0v) is 25.5. The first kappa shape index (κ1) is 29.5. The number of hydrogen-bond donors (Lipinski definition) is 2. The lowest BCUT2D eigenvalue weighted by Gasteiger charge is -2.18. The zero-order chi connectivity index (χ0) is 29.9. The highest BCUT2D eigenvalue weighted by Crippen LogP contribution is 2.38. The summed E-state index contributed by atoms with van der Waals surface area (Å²) in [5.41, 5.74) is 8.85. The summed E-state index contributed by atoms with van der Waals surface area (Å²) in [6.07, 6.45) is 5.66. The molecule has 1 amide bonds. The fourth-order valence-corrected chi connectivity index (χ4v) is 8.02. The smallest absolute Gasteiger partial charge is 0.242 e. The summed E-state index contributed by atoms with van der Waals surface area (Å²) in [6.45, 7) is 5.85. The van der Waals surface area contributed by atoms with Gasteiger partial charge in [-0.2, -0.15) is 10.4 Å². The molecule has 5 rings (SSSR count). The number of hydrogen-bond acceptors (Lipinski definition) is 6. The van der Waals surface area contributed by atoms with Crippen LogP contribution in [0.4, 0.5) is 0 Å². The maximum absolute atomic E-state index is 13.1. The van der Waals surface area contributed by atoms with E-state index in [0.29, 0.717) is 5.56 Å². The number of carbonyl (C=O) groups excluding carboxylic acids is 1. The molecule has 8 nitrogen and oxygen atoms in total. The van der Waals surface area contributed by atoms with E-state index in [9.17, 15) is 18.5 Å². The largest absolute Gasteiger partial charge is 0.308 e. The molecule has 2 aromatic carbocycles. The van der Waals surface area contributed by atoms with Crippen LogP contribution < -0.4 is 10.1 Å². The molecule has 10 heteroatoms. The van der Waals surface area contributed by atoms with Gasteiger partial charge < -0.3 is 4.57 Å². The molecular weight excluding hydrogens is 567 g/mol. The Balaban J connectivity index is 1.32. The van der Waals surface area contributed by atoms with E-state index in [2.05, 4.69) is 25.9 Å². The summed E-state index contributed by atoms with van der Waals surface area (Å²) in [7, 11) is -3.87. The van der Waals surface area contributed by atoms with Crippen LogP contribution in [0.5, 0.6) is 0 Å². The number of rotatable bonds is 9. The summed E-state index contributed by atoms with van der Waals surface area (Å²) < 4.78 is 31.0. The van der Waals surface area contributed by atoms with E-state index in [1.54, 1.807) is 66.1 Å². The van der Waals surface area contributed by atoms with Crippen LogP contribution in [0.25, 0.3) is 5.00 Å². The van der Waals surface area contributed by atoms with Gasteiger partial charge in [-0.1, -0.05) is 48.0 Å². The molecule has 0 saturated carbocycles. The van der Waals surface area contributed by atoms with Crippen LogP contribution in [0.15, 0.2) is 70.7 Å². The van der Waals surface area contributed by atoms with E-state index in [-0.39, 0.29) is 11.3 Å². The molecular formula is C32H33N5O3S2. The maximum Gasteiger partial charge on any atom is 0.242 e. The predicted molar refractivity (Wildman–Crippen MR) is 166 cm³/mol. The lowest BCUT2D eigenvalue weighted by atomic mass is 9.96. The van der Waals surface area contributed by atoms with Crippen molar-refractivity contribution >= 4 is 33.5 Å². The van der Waals surface area contributed by atoms with Crippen LogP contribution in [0, 0.1) is 32.1 Å². The van der Waals surface area contributed by atoms with Gasteiger partial charge in [0.05, 0.1) is 22.7 Å². The van der Waals surface area contributed by atoms with Crippen molar-refractivity contribution < 1.29 is 13.2 Å². The molecule has 2 N–H and O–H groups in total. The van der Waals surface area contributed by atoms with E-state index in [1.165, 1.54) is 10.4 Å². The number of fused-ring (bicyclic) bond motifs is 1. The summed E-state index contributed by atoms with van der Waals surface area (Å²) >= 11 is 1.69. The molecule has 0 saturated heterocycles. The van der Waals surface area contributed by atoms with Crippen LogP contribution in [0.2, 0.25) is 0 Å². The Morgan fingerprint density at radius 2 is 1.81 bits per heavy atom. The number of nitriles is 1. The van der Waals surface area contributed by atoms with Crippen LogP contribution >= 0.6 is 11.3 Å². The Bertz CT molecular complexity index is 1780. The first-order valence-corrected chi connectivity index (χ1v) is 16.2. The van der Waals surface area contributed by atoms with Gasteiger partial charge in [-0.05, 0) is 75.8 Å². The first-order chi connectivity index (χ1) is 20.2. The van der Waals surface area contributed by atoms with Gasteiger partial charge in [0.15, 0.2) is 0 Å². The SMILES string of the molecule is Cc1ccc(S(=O)(=O)N[C@H](CC(=O)N/N=C\c2cc(C)n(-c3sc4c(c3C#N)CCCC4)c2C)c2ccccc2)cc1. The normalized spacial score (nSPS) is 14.0. The van der Waals surface area contributed by atoms with Crippen LogP contribution in [0.1, 0.15) is 69.4 Å². The molecule has 216 valence electrons. The van der Waals surface area contributed by atoms with Crippen molar-refractivity contribution in [1.29, 1.82) is 5.26 Å². The number of aryl methyl sites for hydroxylation is 3. The van der Waals surface area contributed by atoms with Gasteiger partial charge in [0, 0.05) is 28.2 Å². The topological polar surface area (TPSA) is 116 Å². The molecule has 0 fully saturated rings. The summed E-state index contributed by atoms with van der Waals surface area (Å²) in [6, 6.07) is 19.2. The highest BCUT2D eigenvalue weighted by Gasteiger charge is 2.25. The first-order valence-electron chi connectivity index (χ1n) is 13.9. The Hall–Kier alpha value is -4.04. The van der Waals surface area contributed by atoms with E-state index in [0.717, 1.165) is 58.8 Å². The van der Waals surface area contributed by atoms with Gasteiger partial charge in [0.2, 0.25) is 15.9 Å². The molecule has 2 aromatic heterocycles. The fourth-order valence-electron chi connectivity index (χ4n) is 5.35. The minimum Gasteiger partial charge on any atom is -0.308 e. The van der Waals surface area contributed by atoms with Crippen molar-refractivity contribution in [2.24, 2.45) is 5.10 Å².